The minimum Gasteiger partial charge on any atom is -0.465 e. The number of ether oxygens (including phenoxy) is 1. The molecular formula is C15H19N5O3S2. The minimum absolute atomic E-state index is 0.122. The van der Waals surface area contributed by atoms with E-state index >= 15 is 0 Å². The highest BCUT2D eigenvalue weighted by atomic mass is 32.2. The van der Waals surface area contributed by atoms with Crippen molar-refractivity contribution in [3.8, 4) is 0 Å². The summed E-state index contributed by atoms with van der Waals surface area (Å²) in [5.41, 5.74) is 6.96. The zero-order chi connectivity index (χ0) is 18.0. The minimum atomic E-state index is -0.406. The Hall–Kier alpha value is -2.07. The van der Waals surface area contributed by atoms with Gasteiger partial charge in [-0.15, -0.1) is 16.4 Å². The van der Waals surface area contributed by atoms with E-state index in [1.807, 2.05) is 0 Å². The maximum absolute atomic E-state index is 12.3. The number of esters is 1. The average Bonchev–Trinajstić information content (AvgIpc) is 3.14. The Morgan fingerprint density at radius 1 is 1.52 bits per heavy atom. The number of H-pyrrole nitrogens is 1. The molecule has 0 saturated carbocycles. The number of methoxy groups -OCH3 is 1. The molecule has 0 spiro atoms. The van der Waals surface area contributed by atoms with Crippen LogP contribution in [0.4, 0.5) is 10.9 Å². The van der Waals surface area contributed by atoms with Crippen molar-refractivity contribution in [2.75, 3.05) is 23.9 Å². The van der Waals surface area contributed by atoms with E-state index in [4.69, 9.17) is 10.5 Å². The Balaban J connectivity index is 1.74. The zero-order valence-corrected chi connectivity index (χ0v) is 15.6. The molecule has 134 valence electrons. The van der Waals surface area contributed by atoms with Gasteiger partial charge in [0.25, 0.3) is 0 Å². The second-order valence-electron chi connectivity index (χ2n) is 5.89. The Kier molecular flexibility index (Phi) is 5.28. The van der Waals surface area contributed by atoms with E-state index < -0.39 is 5.97 Å². The van der Waals surface area contributed by atoms with E-state index in [2.05, 4.69) is 27.4 Å². The lowest BCUT2D eigenvalue weighted by Crippen LogP contribution is -2.17. The highest BCUT2D eigenvalue weighted by Crippen LogP contribution is 2.40. The number of rotatable bonds is 5. The van der Waals surface area contributed by atoms with Crippen LogP contribution in [-0.2, 0) is 22.4 Å². The monoisotopic (exact) mass is 381 g/mol. The molecule has 0 aliphatic heterocycles. The number of fused-ring (bicyclic) bond motifs is 1. The number of hydrogen-bond acceptors (Lipinski definition) is 8. The Morgan fingerprint density at radius 3 is 3.00 bits per heavy atom. The molecule has 0 fully saturated rings. The van der Waals surface area contributed by atoms with E-state index in [1.165, 1.54) is 30.2 Å². The summed E-state index contributed by atoms with van der Waals surface area (Å²) in [6.07, 6.45) is 2.78. The van der Waals surface area contributed by atoms with Crippen LogP contribution in [0.5, 0.6) is 0 Å². The van der Waals surface area contributed by atoms with E-state index in [1.54, 1.807) is 0 Å². The first-order valence-electron chi connectivity index (χ1n) is 7.81. The van der Waals surface area contributed by atoms with Crippen molar-refractivity contribution >= 4 is 45.9 Å². The van der Waals surface area contributed by atoms with Gasteiger partial charge in [0.2, 0.25) is 17.0 Å². The standard InChI is InChI=1S/C15H19N5O3S2/c1-7-3-4-8-9(5-7)25-12(11(8)13(22)23-2)17-10(21)6-24-15-18-14(16)19-20-15/h7H,3-6H2,1-2H3,(H,17,21)(H3,16,18,19,20)/t7-/m0/s1. The fraction of sp³-hybridized carbons (Fsp3) is 0.467. The van der Waals surface area contributed by atoms with Crippen LogP contribution in [0.2, 0.25) is 0 Å². The largest absolute Gasteiger partial charge is 0.465 e. The van der Waals surface area contributed by atoms with Crippen molar-refractivity contribution in [1.82, 2.24) is 15.2 Å². The molecule has 2 heterocycles. The number of nitrogen functional groups attached to an aromatic ring is 1. The third kappa shape index (κ3) is 3.96. The molecule has 1 amide bonds. The number of nitrogens with one attached hydrogen (secondary N) is 2. The zero-order valence-electron chi connectivity index (χ0n) is 13.9. The lowest BCUT2D eigenvalue weighted by molar-refractivity contribution is -0.113. The van der Waals surface area contributed by atoms with Gasteiger partial charge >= 0.3 is 5.97 Å². The first-order valence-corrected chi connectivity index (χ1v) is 9.61. The SMILES string of the molecule is COC(=O)c1c(NC(=O)CSc2n[nH]c(N)n2)sc2c1CC[C@H](C)C2. The van der Waals surface area contributed by atoms with Crippen molar-refractivity contribution < 1.29 is 14.3 Å². The molecule has 25 heavy (non-hydrogen) atoms. The summed E-state index contributed by atoms with van der Waals surface area (Å²) in [6, 6.07) is 0. The maximum Gasteiger partial charge on any atom is 0.341 e. The number of nitrogens with two attached hydrogens (primary N) is 1. The summed E-state index contributed by atoms with van der Waals surface area (Å²) in [4.78, 5) is 29.5. The lowest BCUT2D eigenvalue weighted by Gasteiger charge is -2.18. The van der Waals surface area contributed by atoms with Crippen LogP contribution in [0.25, 0.3) is 0 Å². The van der Waals surface area contributed by atoms with Crippen LogP contribution in [0, 0.1) is 5.92 Å². The van der Waals surface area contributed by atoms with Crippen LogP contribution in [0.3, 0.4) is 0 Å². The maximum atomic E-state index is 12.3. The molecule has 0 unspecified atom stereocenters. The van der Waals surface area contributed by atoms with Crippen LogP contribution in [0.15, 0.2) is 5.16 Å². The van der Waals surface area contributed by atoms with Gasteiger partial charge in [-0.3, -0.25) is 4.79 Å². The van der Waals surface area contributed by atoms with E-state index in [-0.39, 0.29) is 17.6 Å². The van der Waals surface area contributed by atoms with Crippen LogP contribution < -0.4 is 11.1 Å². The normalized spacial score (nSPS) is 16.3. The first kappa shape index (κ1) is 17.7. The molecule has 2 aromatic rings. The molecule has 1 aliphatic rings. The number of aromatic amines is 1. The Labute approximate surface area is 152 Å². The van der Waals surface area contributed by atoms with Gasteiger partial charge < -0.3 is 15.8 Å². The highest BCUT2D eigenvalue weighted by Gasteiger charge is 2.28. The molecule has 10 heteroatoms. The van der Waals surface area contributed by atoms with E-state index in [0.29, 0.717) is 21.6 Å². The quantitative estimate of drug-likeness (QED) is 0.535. The molecule has 4 N–H and O–H groups in total. The van der Waals surface area contributed by atoms with Gasteiger partial charge in [0, 0.05) is 4.88 Å². The van der Waals surface area contributed by atoms with Crippen molar-refractivity contribution in [2.24, 2.45) is 5.92 Å². The molecule has 1 atom stereocenters. The van der Waals surface area contributed by atoms with E-state index in [0.717, 1.165) is 29.7 Å². The second-order valence-corrected chi connectivity index (χ2v) is 7.94. The summed E-state index contributed by atoms with van der Waals surface area (Å²) in [6.45, 7) is 2.19. The predicted molar refractivity (Wildman–Crippen MR) is 97.0 cm³/mol. The smallest absolute Gasteiger partial charge is 0.341 e. The molecule has 2 aromatic heterocycles. The molecule has 8 nitrogen and oxygen atoms in total. The van der Waals surface area contributed by atoms with Crippen LogP contribution in [-0.4, -0.2) is 39.9 Å². The summed E-state index contributed by atoms with van der Waals surface area (Å²) >= 11 is 2.63. The molecule has 1 aliphatic carbocycles. The summed E-state index contributed by atoms with van der Waals surface area (Å²) in [7, 11) is 1.35. The van der Waals surface area contributed by atoms with Crippen molar-refractivity contribution in [3.63, 3.8) is 0 Å². The fourth-order valence-corrected chi connectivity index (χ4v) is 4.79. The number of anilines is 2. The second kappa shape index (κ2) is 7.44. The highest BCUT2D eigenvalue weighted by molar-refractivity contribution is 7.99. The fourth-order valence-electron chi connectivity index (χ4n) is 2.77. The molecular weight excluding hydrogens is 362 g/mol. The van der Waals surface area contributed by atoms with Crippen LogP contribution >= 0.6 is 23.1 Å². The van der Waals surface area contributed by atoms with Gasteiger partial charge in [0.05, 0.1) is 18.4 Å². The number of thiophene rings is 1. The lowest BCUT2D eigenvalue weighted by atomic mass is 9.88. The Morgan fingerprint density at radius 2 is 2.32 bits per heavy atom. The van der Waals surface area contributed by atoms with Gasteiger partial charge in [-0.25, -0.2) is 9.89 Å². The molecule has 0 radical (unpaired) electrons. The van der Waals surface area contributed by atoms with Gasteiger partial charge in [-0.05, 0) is 30.7 Å². The van der Waals surface area contributed by atoms with E-state index in [9.17, 15) is 9.59 Å². The molecule has 0 bridgehead atoms. The molecule has 0 aromatic carbocycles. The van der Waals surface area contributed by atoms with Crippen molar-refractivity contribution in [3.05, 3.63) is 16.0 Å². The molecule has 0 saturated heterocycles. The average molecular weight is 381 g/mol. The predicted octanol–water partition coefficient (Wildman–Crippen LogP) is 2.09. The van der Waals surface area contributed by atoms with Gasteiger partial charge in [0.15, 0.2) is 0 Å². The van der Waals surface area contributed by atoms with Crippen LogP contribution in [0.1, 0.15) is 34.1 Å². The summed E-state index contributed by atoms with van der Waals surface area (Å²) in [5.74, 6) is 0.265. The van der Waals surface area contributed by atoms with Gasteiger partial charge in [-0.2, -0.15) is 4.98 Å². The first-order chi connectivity index (χ1) is 12.0. The topological polar surface area (TPSA) is 123 Å². The Bertz CT molecular complexity index is 801. The third-order valence-corrected chi connectivity index (χ3v) is 5.99. The number of aromatic nitrogens is 3. The van der Waals surface area contributed by atoms with Crippen molar-refractivity contribution in [2.45, 2.75) is 31.3 Å². The van der Waals surface area contributed by atoms with Gasteiger partial charge in [0.1, 0.15) is 5.00 Å². The molecule has 3 rings (SSSR count). The summed E-state index contributed by atoms with van der Waals surface area (Å²) in [5, 5.41) is 10.2. The number of carbonyl (C=O) groups is 2. The third-order valence-electron chi connectivity index (χ3n) is 3.97. The number of amides is 1. The van der Waals surface area contributed by atoms with Crippen molar-refractivity contribution in [1.29, 1.82) is 0 Å². The van der Waals surface area contributed by atoms with Gasteiger partial charge in [-0.1, -0.05) is 18.7 Å². The number of carbonyl (C=O) groups excluding carboxylic acids is 2. The number of thioether (sulfide) groups is 1. The number of nitrogens with zero attached hydrogens (tertiary/aromatic N) is 2. The number of hydrogen-bond donors (Lipinski definition) is 3. The summed E-state index contributed by atoms with van der Waals surface area (Å²) < 4.78 is 4.92.